The second-order valence-electron chi connectivity index (χ2n) is 5.92. The lowest BCUT2D eigenvalue weighted by molar-refractivity contribution is -0.117. The van der Waals surface area contributed by atoms with Gasteiger partial charge < -0.3 is 11.1 Å². The molecule has 2 aromatic carbocycles. The van der Waals surface area contributed by atoms with Crippen LogP contribution in [0.5, 0.6) is 0 Å². The first-order valence-corrected chi connectivity index (χ1v) is 8.28. The van der Waals surface area contributed by atoms with E-state index in [4.69, 9.17) is 5.73 Å². The number of rotatable bonds is 6. The number of nitrogens with one attached hydrogen (secondary N) is 1. The molecule has 2 amide bonds. The van der Waals surface area contributed by atoms with Crippen molar-refractivity contribution in [2.75, 3.05) is 5.32 Å². The minimum Gasteiger partial charge on any atom is -0.366 e. The van der Waals surface area contributed by atoms with Gasteiger partial charge in [-0.05, 0) is 41.8 Å². The minimum absolute atomic E-state index is 0.193. The number of anilines is 1. The van der Waals surface area contributed by atoms with Crippen LogP contribution in [-0.2, 0) is 11.2 Å². The van der Waals surface area contributed by atoms with Crippen LogP contribution in [0.25, 0.3) is 0 Å². The van der Waals surface area contributed by atoms with E-state index in [0.717, 1.165) is 11.1 Å². The van der Waals surface area contributed by atoms with Gasteiger partial charge in [-0.3, -0.25) is 14.6 Å². The lowest BCUT2D eigenvalue weighted by Gasteiger charge is -2.18. The molecule has 5 heteroatoms. The van der Waals surface area contributed by atoms with Gasteiger partial charge in [0.25, 0.3) is 5.91 Å². The fourth-order valence-electron chi connectivity index (χ4n) is 2.83. The van der Waals surface area contributed by atoms with Gasteiger partial charge >= 0.3 is 0 Å². The van der Waals surface area contributed by atoms with Crippen LogP contribution in [0.1, 0.15) is 27.4 Å². The normalized spacial score (nSPS) is 11.5. The number of hydrogen-bond donors (Lipinski definition) is 2. The summed E-state index contributed by atoms with van der Waals surface area (Å²) in [5, 5.41) is 2.86. The van der Waals surface area contributed by atoms with E-state index in [1.54, 1.807) is 36.7 Å². The summed E-state index contributed by atoms with van der Waals surface area (Å²) in [5.41, 5.74) is 8.02. The van der Waals surface area contributed by atoms with Gasteiger partial charge in [-0.25, -0.2) is 0 Å². The van der Waals surface area contributed by atoms with E-state index in [1.165, 1.54) is 0 Å². The van der Waals surface area contributed by atoms with Crippen LogP contribution in [0.2, 0.25) is 0 Å². The number of benzene rings is 2. The van der Waals surface area contributed by atoms with E-state index in [1.807, 2.05) is 42.5 Å². The van der Waals surface area contributed by atoms with Crippen molar-refractivity contribution in [1.29, 1.82) is 0 Å². The number of hydrogen-bond acceptors (Lipinski definition) is 3. The molecule has 1 aromatic heterocycles. The van der Waals surface area contributed by atoms with Crippen LogP contribution in [0.3, 0.4) is 0 Å². The van der Waals surface area contributed by atoms with Crippen LogP contribution < -0.4 is 11.1 Å². The smallest absolute Gasteiger partial charge is 0.250 e. The van der Waals surface area contributed by atoms with Crippen molar-refractivity contribution in [1.82, 2.24) is 4.98 Å². The molecule has 3 rings (SSSR count). The predicted molar refractivity (Wildman–Crippen MR) is 101 cm³/mol. The summed E-state index contributed by atoms with van der Waals surface area (Å²) in [5.74, 6) is -1.17. The zero-order valence-electron chi connectivity index (χ0n) is 14.1. The quantitative estimate of drug-likeness (QED) is 0.720. The fraction of sp³-hybridized carbons (Fsp3) is 0.0952. The molecular weight excluding hydrogens is 326 g/mol. The summed E-state index contributed by atoms with van der Waals surface area (Å²) >= 11 is 0. The molecule has 1 atom stereocenters. The number of nitrogens with zero attached hydrogens (tertiary/aromatic N) is 1. The molecule has 26 heavy (non-hydrogen) atoms. The third-order valence-electron chi connectivity index (χ3n) is 4.16. The van der Waals surface area contributed by atoms with E-state index in [9.17, 15) is 9.59 Å². The summed E-state index contributed by atoms with van der Waals surface area (Å²) in [6.45, 7) is 0. The van der Waals surface area contributed by atoms with Crippen LogP contribution >= 0.6 is 0 Å². The largest absolute Gasteiger partial charge is 0.366 e. The van der Waals surface area contributed by atoms with Gasteiger partial charge in [-0.15, -0.1) is 0 Å². The highest BCUT2D eigenvalue weighted by Crippen LogP contribution is 2.24. The van der Waals surface area contributed by atoms with Gasteiger partial charge in [0.2, 0.25) is 5.91 Å². The summed E-state index contributed by atoms with van der Waals surface area (Å²) in [6.07, 6.45) is 3.94. The second-order valence-corrected chi connectivity index (χ2v) is 5.92. The van der Waals surface area contributed by atoms with Gasteiger partial charge in [0.1, 0.15) is 0 Å². The molecule has 0 saturated carbocycles. The Morgan fingerprint density at radius 2 is 1.58 bits per heavy atom. The van der Waals surface area contributed by atoms with Crippen LogP contribution in [0, 0.1) is 0 Å². The molecule has 0 saturated heterocycles. The van der Waals surface area contributed by atoms with Crippen LogP contribution in [0.4, 0.5) is 5.69 Å². The number of pyridine rings is 1. The maximum atomic E-state index is 13.0. The van der Waals surface area contributed by atoms with Crippen LogP contribution in [-0.4, -0.2) is 16.8 Å². The van der Waals surface area contributed by atoms with Gasteiger partial charge in [0, 0.05) is 12.4 Å². The molecule has 3 aromatic rings. The zero-order chi connectivity index (χ0) is 18.4. The van der Waals surface area contributed by atoms with E-state index in [-0.39, 0.29) is 11.5 Å². The molecule has 0 fully saturated rings. The summed E-state index contributed by atoms with van der Waals surface area (Å²) in [6, 6.07) is 20.1. The number of carbonyl (C=O) groups is 2. The third kappa shape index (κ3) is 4.13. The Labute approximate surface area is 151 Å². The predicted octanol–water partition coefficient (Wildman–Crippen LogP) is 3.15. The second kappa shape index (κ2) is 8.07. The first-order chi connectivity index (χ1) is 12.6. The topological polar surface area (TPSA) is 85.1 Å². The Morgan fingerprint density at radius 1 is 0.923 bits per heavy atom. The molecule has 130 valence electrons. The Bertz CT molecular complexity index is 895. The number of carbonyl (C=O) groups excluding carboxylic acids is 2. The lowest BCUT2D eigenvalue weighted by atomic mass is 9.91. The highest BCUT2D eigenvalue weighted by atomic mass is 16.2. The molecule has 0 radical (unpaired) electrons. The highest BCUT2D eigenvalue weighted by Gasteiger charge is 2.22. The SMILES string of the molecule is NC(=O)c1ccccc1NC(=O)C(Cc1ccncc1)c1ccccc1. The molecule has 0 aliphatic rings. The summed E-state index contributed by atoms with van der Waals surface area (Å²) in [7, 11) is 0. The number of para-hydroxylation sites is 1. The Balaban J connectivity index is 1.89. The molecule has 0 spiro atoms. The van der Waals surface area contributed by atoms with Crippen molar-refractivity contribution < 1.29 is 9.59 Å². The van der Waals surface area contributed by atoms with Crippen LogP contribution in [0.15, 0.2) is 79.1 Å². The number of amides is 2. The fourth-order valence-corrected chi connectivity index (χ4v) is 2.83. The Kier molecular flexibility index (Phi) is 5.39. The molecule has 5 nitrogen and oxygen atoms in total. The highest BCUT2D eigenvalue weighted by molar-refractivity contribution is 6.04. The number of primary amides is 1. The van der Waals surface area contributed by atoms with E-state index in [0.29, 0.717) is 12.1 Å². The van der Waals surface area contributed by atoms with Crippen molar-refractivity contribution >= 4 is 17.5 Å². The zero-order valence-corrected chi connectivity index (χ0v) is 14.1. The first-order valence-electron chi connectivity index (χ1n) is 8.28. The lowest BCUT2D eigenvalue weighted by Crippen LogP contribution is -2.25. The minimum atomic E-state index is -0.578. The van der Waals surface area contributed by atoms with Crippen molar-refractivity contribution in [3.8, 4) is 0 Å². The number of aromatic nitrogens is 1. The van der Waals surface area contributed by atoms with Gasteiger partial charge in [0.05, 0.1) is 17.2 Å². The van der Waals surface area contributed by atoms with E-state index >= 15 is 0 Å². The maximum absolute atomic E-state index is 13.0. The van der Waals surface area contributed by atoms with Gasteiger partial charge in [-0.1, -0.05) is 42.5 Å². The molecule has 0 bridgehead atoms. The average molecular weight is 345 g/mol. The van der Waals surface area contributed by atoms with E-state index in [2.05, 4.69) is 10.3 Å². The third-order valence-corrected chi connectivity index (χ3v) is 4.16. The standard InChI is InChI=1S/C21H19N3O2/c22-20(25)17-8-4-5-9-19(17)24-21(26)18(16-6-2-1-3-7-16)14-15-10-12-23-13-11-15/h1-13,18H,14H2,(H2,22,25)(H,24,26). The molecule has 1 unspecified atom stereocenters. The molecule has 3 N–H and O–H groups in total. The number of nitrogens with two attached hydrogens (primary N) is 1. The van der Waals surface area contributed by atoms with Crippen molar-refractivity contribution in [3.05, 3.63) is 95.8 Å². The first kappa shape index (κ1) is 17.4. The Hall–Kier alpha value is -3.47. The van der Waals surface area contributed by atoms with Crippen molar-refractivity contribution in [3.63, 3.8) is 0 Å². The van der Waals surface area contributed by atoms with Crippen molar-refractivity contribution in [2.24, 2.45) is 5.73 Å². The van der Waals surface area contributed by atoms with Gasteiger partial charge in [-0.2, -0.15) is 0 Å². The monoisotopic (exact) mass is 345 g/mol. The summed E-state index contributed by atoms with van der Waals surface area (Å²) < 4.78 is 0. The summed E-state index contributed by atoms with van der Waals surface area (Å²) in [4.78, 5) is 28.6. The Morgan fingerprint density at radius 3 is 2.27 bits per heavy atom. The van der Waals surface area contributed by atoms with E-state index < -0.39 is 11.8 Å². The molecular formula is C21H19N3O2. The molecule has 1 heterocycles. The molecule has 0 aliphatic heterocycles. The van der Waals surface area contributed by atoms with Crippen molar-refractivity contribution in [2.45, 2.75) is 12.3 Å². The molecule has 0 aliphatic carbocycles. The maximum Gasteiger partial charge on any atom is 0.250 e. The van der Waals surface area contributed by atoms with Gasteiger partial charge in [0.15, 0.2) is 0 Å². The average Bonchev–Trinajstić information content (AvgIpc) is 2.68.